The van der Waals surface area contributed by atoms with E-state index >= 15 is 0 Å². The molecular weight excluding hydrogens is 346 g/mol. The van der Waals surface area contributed by atoms with E-state index in [1.165, 1.54) is 16.8 Å². The molecule has 0 atom stereocenters. The van der Waals surface area contributed by atoms with Gasteiger partial charge in [-0.15, -0.1) is 0 Å². The van der Waals surface area contributed by atoms with Crippen LogP contribution in [0.25, 0.3) is 10.9 Å². The van der Waals surface area contributed by atoms with Gasteiger partial charge >= 0.3 is 0 Å². The number of halogens is 1. The molecule has 1 aromatic heterocycles. The molecule has 5 heteroatoms. The molecule has 1 fully saturated rings. The predicted molar refractivity (Wildman–Crippen MR) is 107 cm³/mol. The highest BCUT2D eigenvalue weighted by atomic mass is 35.5. The van der Waals surface area contributed by atoms with Gasteiger partial charge in [0.2, 0.25) is 0 Å². The number of hydrogen-bond acceptors (Lipinski definition) is 2. The van der Waals surface area contributed by atoms with Crippen molar-refractivity contribution in [1.82, 2.24) is 9.88 Å². The summed E-state index contributed by atoms with van der Waals surface area (Å²) in [5.74, 6) is 0.0536. The van der Waals surface area contributed by atoms with Crippen LogP contribution in [-0.2, 0) is 0 Å². The van der Waals surface area contributed by atoms with Crippen molar-refractivity contribution in [3.63, 3.8) is 0 Å². The number of hydrogen-bond donors (Lipinski definition) is 1. The fourth-order valence-electron chi connectivity index (χ4n) is 3.60. The van der Waals surface area contributed by atoms with Crippen molar-refractivity contribution in [2.24, 2.45) is 0 Å². The Bertz CT molecular complexity index is 971. The molecule has 0 unspecified atom stereocenters. The molecule has 26 heavy (non-hydrogen) atoms. The van der Waals surface area contributed by atoms with Crippen LogP contribution in [0.4, 0.5) is 5.69 Å². The number of benzene rings is 2. The molecule has 1 amide bonds. The van der Waals surface area contributed by atoms with E-state index in [1.54, 1.807) is 0 Å². The third-order valence-corrected chi connectivity index (χ3v) is 5.32. The quantitative estimate of drug-likeness (QED) is 0.729. The molecular formula is C21H22ClN3O. The van der Waals surface area contributed by atoms with E-state index in [0.717, 1.165) is 37.1 Å². The van der Waals surface area contributed by atoms with E-state index in [9.17, 15) is 4.79 Å². The third kappa shape index (κ3) is 3.17. The Morgan fingerprint density at radius 1 is 1.00 bits per heavy atom. The first kappa shape index (κ1) is 17.0. The normalized spacial score (nSPS) is 14.9. The van der Waals surface area contributed by atoms with Gasteiger partial charge in [0, 0.05) is 47.8 Å². The third-order valence-electron chi connectivity index (χ3n) is 5.09. The Labute approximate surface area is 158 Å². The van der Waals surface area contributed by atoms with Gasteiger partial charge in [-0.1, -0.05) is 23.7 Å². The van der Waals surface area contributed by atoms with Gasteiger partial charge in [-0.05, 0) is 55.3 Å². The molecule has 3 aromatic rings. The number of aromatic amines is 1. The molecule has 1 saturated heterocycles. The molecule has 1 aliphatic rings. The van der Waals surface area contributed by atoms with Gasteiger partial charge in [-0.2, -0.15) is 0 Å². The molecule has 1 N–H and O–H groups in total. The molecule has 0 saturated carbocycles. The largest absolute Gasteiger partial charge is 0.368 e. The number of carbonyl (C=O) groups excluding carboxylic acids is 1. The maximum atomic E-state index is 12.9. The van der Waals surface area contributed by atoms with Gasteiger partial charge in [0.25, 0.3) is 5.91 Å². The van der Waals surface area contributed by atoms with Crippen molar-refractivity contribution in [3.8, 4) is 0 Å². The molecule has 0 bridgehead atoms. The number of aromatic nitrogens is 1. The first-order chi connectivity index (χ1) is 12.5. The Balaban J connectivity index is 1.48. The minimum Gasteiger partial charge on any atom is -0.368 e. The van der Waals surface area contributed by atoms with Gasteiger partial charge in [0.05, 0.1) is 0 Å². The fraction of sp³-hybridized carbons (Fsp3) is 0.286. The van der Waals surface area contributed by atoms with Gasteiger partial charge in [-0.3, -0.25) is 4.79 Å². The summed E-state index contributed by atoms with van der Waals surface area (Å²) >= 11 is 6.04. The topological polar surface area (TPSA) is 39.3 Å². The Morgan fingerprint density at radius 2 is 1.77 bits per heavy atom. The van der Waals surface area contributed by atoms with Crippen LogP contribution >= 0.6 is 11.6 Å². The van der Waals surface area contributed by atoms with Crippen LogP contribution in [0.1, 0.15) is 21.6 Å². The molecule has 1 aliphatic heterocycles. The van der Waals surface area contributed by atoms with Crippen LogP contribution in [0, 0.1) is 13.8 Å². The van der Waals surface area contributed by atoms with Crippen molar-refractivity contribution in [3.05, 3.63) is 64.3 Å². The second-order valence-electron chi connectivity index (χ2n) is 6.98. The fourth-order valence-corrected chi connectivity index (χ4v) is 3.78. The highest BCUT2D eigenvalue weighted by Crippen LogP contribution is 2.24. The van der Waals surface area contributed by atoms with Crippen LogP contribution in [0.3, 0.4) is 0 Å². The number of nitrogens with one attached hydrogen (secondary N) is 1. The summed E-state index contributed by atoms with van der Waals surface area (Å²) in [5.41, 5.74) is 5.38. The molecule has 134 valence electrons. The van der Waals surface area contributed by atoms with Gasteiger partial charge in [-0.25, -0.2) is 0 Å². The van der Waals surface area contributed by atoms with Crippen molar-refractivity contribution >= 4 is 34.1 Å². The Morgan fingerprint density at radius 3 is 2.54 bits per heavy atom. The second kappa shape index (κ2) is 6.69. The number of fused-ring (bicyclic) bond motifs is 1. The minimum absolute atomic E-state index is 0.0536. The van der Waals surface area contributed by atoms with Crippen LogP contribution in [0.15, 0.2) is 42.5 Å². The number of amides is 1. The minimum atomic E-state index is 0.0536. The molecule has 0 aliphatic carbocycles. The molecule has 2 heterocycles. The first-order valence-electron chi connectivity index (χ1n) is 8.91. The van der Waals surface area contributed by atoms with E-state index in [1.807, 2.05) is 29.2 Å². The molecule has 0 radical (unpaired) electrons. The maximum absolute atomic E-state index is 12.9. The van der Waals surface area contributed by atoms with Crippen molar-refractivity contribution in [2.45, 2.75) is 13.8 Å². The zero-order valence-electron chi connectivity index (χ0n) is 15.1. The number of carbonyl (C=O) groups is 1. The summed E-state index contributed by atoms with van der Waals surface area (Å²) in [5, 5.41) is 1.65. The maximum Gasteiger partial charge on any atom is 0.270 e. The zero-order chi connectivity index (χ0) is 18.3. The Hall–Kier alpha value is -2.46. The lowest BCUT2D eigenvalue weighted by Gasteiger charge is -2.36. The lowest BCUT2D eigenvalue weighted by Crippen LogP contribution is -2.49. The van der Waals surface area contributed by atoms with Crippen LogP contribution in [0.5, 0.6) is 0 Å². The highest BCUT2D eigenvalue weighted by molar-refractivity contribution is 6.31. The number of piperazine rings is 1. The molecule has 4 nitrogen and oxygen atoms in total. The lowest BCUT2D eigenvalue weighted by molar-refractivity contribution is 0.0742. The first-order valence-corrected chi connectivity index (χ1v) is 9.29. The van der Waals surface area contributed by atoms with Crippen molar-refractivity contribution < 1.29 is 4.79 Å². The van der Waals surface area contributed by atoms with E-state index in [0.29, 0.717) is 10.7 Å². The van der Waals surface area contributed by atoms with E-state index < -0.39 is 0 Å². The van der Waals surface area contributed by atoms with Crippen molar-refractivity contribution in [2.75, 3.05) is 31.1 Å². The SMILES string of the molecule is Cc1ccc(C)c(N2CCN(C(=O)c3cc4cc(Cl)ccc4[nH]3)CC2)c1. The summed E-state index contributed by atoms with van der Waals surface area (Å²) in [4.78, 5) is 20.4. The average molecular weight is 368 g/mol. The molecule has 0 spiro atoms. The van der Waals surface area contributed by atoms with E-state index in [-0.39, 0.29) is 5.91 Å². The van der Waals surface area contributed by atoms with Crippen LogP contribution in [0.2, 0.25) is 5.02 Å². The van der Waals surface area contributed by atoms with E-state index in [4.69, 9.17) is 11.6 Å². The standard InChI is InChI=1S/C21H22ClN3O/c1-14-3-4-15(2)20(11-14)24-7-9-25(10-8-24)21(26)19-13-16-12-17(22)5-6-18(16)23-19/h3-6,11-13,23H,7-10H2,1-2H3. The highest BCUT2D eigenvalue weighted by Gasteiger charge is 2.24. The number of anilines is 1. The summed E-state index contributed by atoms with van der Waals surface area (Å²) in [6, 6.07) is 14.0. The van der Waals surface area contributed by atoms with Gasteiger partial charge in [0.1, 0.15) is 5.69 Å². The predicted octanol–water partition coefficient (Wildman–Crippen LogP) is 4.40. The molecule has 2 aromatic carbocycles. The summed E-state index contributed by atoms with van der Waals surface area (Å²) in [6.45, 7) is 7.40. The monoisotopic (exact) mass is 367 g/mol. The smallest absolute Gasteiger partial charge is 0.270 e. The summed E-state index contributed by atoms with van der Waals surface area (Å²) in [7, 11) is 0. The summed E-state index contributed by atoms with van der Waals surface area (Å²) < 4.78 is 0. The molecule has 4 rings (SSSR count). The van der Waals surface area contributed by atoms with Crippen LogP contribution in [-0.4, -0.2) is 42.0 Å². The lowest BCUT2D eigenvalue weighted by atomic mass is 10.1. The average Bonchev–Trinajstić information content (AvgIpc) is 3.06. The number of rotatable bonds is 2. The second-order valence-corrected chi connectivity index (χ2v) is 7.42. The Kier molecular flexibility index (Phi) is 4.37. The number of nitrogens with zero attached hydrogens (tertiary/aromatic N) is 2. The zero-order valence-corrected chi connectivity index (χ0v) is 15.8. The summed E-state index contributed by atoms with van der Waals surface area (Å²) in [6.07, 6.45) is 0. The van der Waals surface area contributed by atoms with Crippen molar-refractivity contribution in [1.29, 1.82) is 0 Å². The number of aryl methyl sites for hydroxylation is 2. The number of H-pyrrole nitrogens is 1. The van der Waals surface area contributed by atoms with Crippen LogP contribution < -0.4 is 4.90 Å². The van der Waals surface area contributed by atoms with Gasteiger partial charge < -0.3 is 14.8 Å². The van der Waals surface area contributed by atoms with Gasteiger partial charge in [0.15, 0.2) is 0 Å². The van der Waals surface area contributed by atoms with E-state index in [2.05, 4.69) is 41.9 Å².